The smallest absolute Gasteiger partial charge is 0.174 e. The van der Waals surface area contributed by atoms with Crippen LogP contribution < -0.4 is 15.6 Å². The number of nitrogens with zero attached hydrogens (tertiary/aromatic N) is 1. The molecule has 19 heavy (non-hydrogen) atoms. The van der Waals surface area contributed by atoms with Crippen molar-refractivity contribution in [3.05, 3.63) is 60.2 Å². The van der Waals surface area contributed by atoms with E-state index in [-0.39, 0.29) is 6.61 Å². The molecule has 0 bridgehead atoms. The van der Waals surface area contributed by atoms with E-state index in [1.807, 2.05) is 60.7 Å². The summed E-state index contributed by atoms with van der Waals surface area (Å²) in [6.07, 6.45) is 0. The second-order valence-corrected chi connectivity index (χ2v) is 3.94. The molecule has 0 amide bonds. The van der Waals surface area contributed by atoms with Gasteiger partial charge in [-0.1, -0.05) is 30.3 Å². The Labute approximate surface area is 112 Å². The van der Waals surface area contributed by atoms with Gasteiger partial charge in [-0.25, -0.2) is 5.43 Å². The van der Waals surface area contributed by atoms with E-state index in [4.69, 9.17) is 10.00 Å². The monoisotopic (exact) mass is 253 g/mol. The number of nitriles is 1. The van der Waals surface area contributed by atoms with Gasteiger partial charge in [-0.15, -0.1) is 0 Å². The van der Waals surface area contributed by atoms with Gasteiger partial charge in [0.1, 0.15) is 11.8 Å². The highest BCUT2D eigenvalue weighted by atomic mass is 16.5. The van der Waals surface area contributed by atoms with Crippen LogP contribution in [0.4, 0.5) is 5.69 Å². The van der Waals surface area contributed by atoms with E-state index in [1.54, 1.807) is 0 Å². The van der Waals surface area contributed by atoms with Crippen molar-refractivity contribution in [2.24, 2.45) is 0 Å². The molecule has 0 unspecified atom stereocenters. The van der Waals surface area contributed by atoms with Gasteiger partial charge in [0, 0.05) is 12.2 Å². The maximum absolute atomic E-state index is 8.41. The van der Waals surface area contributed by atoms with E-state index in [9.17, 15) is 0 Å². The van der Waals surface area contributed by atoms with E-state index in [1.165, 1.54) is 0 Å². The first-order valence-electron chi connectivity index (χ1n) is 6.01. The number of hydrogen-bond donors (Lipinski definition) is 2. The third kappa shape index (κ3) is 4.34. The molecular weight excluding hydrogens is 238 g/mol. The number of benzene rings is 2. The Balaban J connectivity index is 1.79. The van der Waals surface area contributed by atoms with Crippen LogP contribution in [0.5, 0.6) is 5.75 Å². The summed E-state index contributed by atoms with van der Waals surface area (Å²) in [5, 5.41) is 8.41. The molecular formula is C15H15N3O. The number of ether oxygens (including phenoxy) is 1. The molecule has 0 aliphatic heterocycles. The maximum Gasteiger partial charge on any atom is 0.174 e. The van der Waals surface area contributed by atoms with Gasteiger partial charge in [-0.2, -0.15) is 5.26 Å². The summed E-state index contributed by atoms with van der Waals surface area (Å²) < 4.78 is 5.19. The zero-order chi connectivity index (χ0) is 13.3. The minimum absolute atomic E-state index is 0.0765. The van der Waals surface area contributed by atoms with Crippen LogP contribution in [0.3, 0.4) is 0 Å². The molecule has 0 spiro atoms. The van der Waals surface area contributed by atoms with Crippen molar-refractivity contribution < 1.29 is 4.74 Å². The van der Waals surface area contributed by atoms with Crippen LogP contribution in [0.25, 0.3) is 0 Å². The second kappa shape index (κ2) is 7.04. The van der Waals surface area contributed by atoms with Crippen LogP contribution in [0.1, 0.15) is 5.56 Å². The summed E-state index contributed by atoms with van der Waals surface area (Å²) in [7, 11) is 0. The quantitative estimate of drug-likeness (QED) is 0.777. The van der Waals surface area contributed by atoms with Crippen molar-refractivity contribution in [2.45, 2.75) is 6.54 Å². The standard InChI is InChI=1S/C15H15N3O/c16-10-11-19-15-8-6-13(7-9-15)12-17-18-14-4-2-1-3-5-14/h1-9,17-18H,11-12H2. The molecule has 0 aromatic heterocycles. The fourth-order valence-corrected chi connectivity index (χ4v) is 1.59. The van der Waals surface area contributed by atoms with Gasteiger partial charge in [-0.3, -0.25) is 0 Å². The lowest BCUT2D eigenvalue weighted by atomic mass is 10.2. The topological polar surface area (TPSA) is 57.1 Å². The van der Waals surface area contributed by atoms with Crippen molar-refractivity contribution in [1.82, 2.24) is 5.43 Å². The molecule has 2 N–H and O–H groups in total. The Hall–Kier alpha value is -2.51. The van der Waals surface area contributed by atoms with Gasteiger partial charge >= 0.3 is 0 Å². The van der Waals surface area contributed by atoms with Crippen LogP contribution in [0.15, 0.2) is 54.6 Å². The Morgan fingerprint density at radius 3 is 2.42 bits per heavy atom. The third-order valence-corrected chi connectivity index (χ3v) is 2.53. The Morgan fingerprint density at radius 2 is 1.74 bits per heavy atom. The third-order valence-electron chi connectivity index (χ3n) is 2.53. The molecule has 2 rings (SSSR count). The second-order valence-electron chi connectivity index (χ2n) is 3.94. The van der Waals surface area contributed by atoms with Gasteiger partial charge in [-0.05, 0) is 29.8 Å². The molecule has 4 heteroatoms. The maximum atomic E-state index is 8.41. The van der Waals surface area contributed by atoms with Gasteiger partial charge in [0.15, 0.2) is 6.61 Å². The number of anilines is 1. The Bertz CT molecular complexity index is 532. The summed E-state index contributed by atoms with van der Waals surface area (Å²) >= 11 is 0. The minimum Gasteiger partial charge on any atom is -0.479 e. The molecule has 0 saturated carbocycles. The van der Waals surface area contributed by atoms with Gasteiger partial charge in [0.2, 0.25) is 0 Å². The molecule has 0 atom stereocenters. The number of para-hydroxylation sites is 1. The van der Waals surface area contributed by atoms with Gasteiger partial charge in [0.25, 0.3) is 0 Å². The predicted octanol–water partition coefficient (Wildman–Crippen LogP) is 2.71. The molecule has 0 heterocycles. The molecule has 0 aliphatic rings. The van der Waals surface area contributed by atoms with Crippen LogP contribution >= 0.6 is 0 Å². The molecule has 0 aliphatic carbocycles. The van der Waals surface area contributed by atoms with Gasteiger partial charge < -0.3 is 10.2 Å². The van der Waals surface area contributed by atoms with Crippen LogP contribution in [0.2, 0.25) is 0 Å². The van der Waals surface area contributed by atoms with Crippen molar-refractivity contribution in [3.8, 4) is 11.8 Å². The fraction of sp³-hybridized carbons (Fsp3) is 0.133. The number of rotatable bonds is 6. The van der Waals surface area contributed by atoms with E-state index in [0.29, 0.717) is 12.3 Å². The van der Waals surface area contributed by atoms with Crippen molar-refractivity contribution in [2.75, 3.05) is 12.0 Å². The van der Waals surface area contributed by atoms with Crippen LogP contribution in [-0.4, -0.2) is 6.61 Å². The molecule has 0 saturated heterocycles. The first kappa shape index (κ1) is 12.9. The van der Waals surface area contributed by atoms with Crippen molar-refractivity contribution in [1.29, 1.82) is 5.26 Å². The summed E-state index contributed by atoms with van der Waals surface area (Å²) in [6, 6.07) is 19.5. The van der Waals surface area contributed by atoms with Crippen molar-refractivity contribution in [3.63, 3.8) is 0 Å². The number of hydrazine groups is 1. The highest BCUT2D eigenvalue weighted by Crippen LogP contribution is 2.12. The molecule has 0 radical (unpaired) electrons. The van der Waals surface area contributed by atoms with E-state index >= 15 is 0 Å². The first-order chi connectivity index (χ1) is 9.38. The SMILES string of the molecule is N#CCOc1ccc(CNNc2ccccc2)cc1. The van der Waals surface area contributed by atoms with Crippen molar-refractivity contribution >= 4 is 5.69 Å². The molecule has 2 aromatic rings. The fourth-order valence-electron chi connectivity index (χ4n) is 1.59. The number of nitrogens with one attached hydrogen (secondary N) is 2. The summed E-state index contributed by atoms with van der Waals surface area (Å²) in [5.41, 5.74) is 8.41. The predicted molar refractivity (Wildman–Crippen MR) is 74.5 cm³/mol. The average molecular weight is 253 g/mol. The lowest BCUT2D eigenvalue weighted by Gasteiger charge is -2.08. The summed E-state index contributed by atoms with van der Waals surface area (Å²) in [4.78, 5) is 0. The van der Waals surface area contributed by atoms with Gasteiger partial charge in [0.05, 0.1) is 0 Å². The van der Waals surface area contributed by atoms with E-state index < -0.39 is 0 Å². The zero-order valence-electron chi connectivity index (χ0n) is 10.5. The molecule has 2 aromatic carbocycles. The highest BCUT2D eigenvalue weighted by molar-refractivity contribution is 5.41. The number of hydrogen-bond acceptors (Lipinski definition) is 4. The van der Waals surface area contributed by atoms with Crippen LogP contribution in [-0.2, 0) is 6.54 Å². The lowest BCUT2D eigenvalue weighted by Crippen LogP contribution is -2.20. The molecule has 0 fully saturated rings. The normalized spacial score (nSPS) is 9.63. The first-order valence-corrected chi connectivity index (χ1v) is 6.01. The average Bonchev–Trinajstić information content (AvgIpc) is 2.47. The molecule has 4 nitrogen and oxygen atoms in total. The molecule has 96 valence electrons. The van der Waals surface area contributed by atoms with Crippen LogP contribution in [0, 0.1) is 11.3 Å². The van der Waals surface area contributed by atoms with E-state index in [0.717, 1.165) is 11.3 Å². The largest absolute Gasteiger partial charge is 0.479 e. The summed E-state index contributed by atoms with van der Waals surface area (Å²) in [5.74, 6) is 0.710. The Morgan fingerprint density at radius 1 is 1.00 bits per heavy atom. The summed E-state index contributed by atoms with van der Waals surface area (Å²) in [6.45, 7) is 0.778. The zero-order valence-corrected chi connectivity index (χ0v) is 10.5. The van der Waals surface area contributed by atoms with E-state index in [2.05, 4.69) is 10.9 Å². The lowest BCUT2D eigenvalue weighted by molar-refractivity contribution is 0.368. The Kier molecular flexibility index (Phi) is 4.79. The highest BCUT2D eigenvalue weighted by Gasteiger charge is 1.95. The minimum atomic E-state index is 0.0765.